The van der Waals surface area contributed by atoms with Crippen molar-refractivity contribution in [3.63, 3.8) is 0 Å². The van der Waals surface area contributed by atoms with Crippen molar-refractivity contribution in [2.24, 2.45) is 0 Å². The highest BCUT2D eigenvalue weighted by Crippen LogP contribution is 2.29. The monoisotopic (exact) mass is 399 g/mol. The molecule has 3 heteroatoms. The van der Waals surface area contributed by atoms with E-state index in [0.717, 1.165) is 22.3 Å². The fraction of sp³-hybridized carbons (Fsp3) is 0.0357. The first-order valence-corrected chi connectivity index (χ1v) is 10.3. The van der Waals surface area contributed by atoms with Crippen molar-refractivity contribution in [2.45, 2.75) is 6.92 Å². The molecule has 0 bridgehead atoms. The number of hydrogen-bond donors (Lipinski definition) is 0. The van der Waals surface area contributed by atoms with E-state index >= 15 is 0 Å². The van der Waals surface area contributed by atoms with E-state index in [0.29, 0.717) is 17.5 Å². The number of hydrogen-bond acceptors (Lipinski definition) is 3. The summed E-state index contributed by atoms with van der Waals surface area (Å²) in [5.74, 6) is 2.01. The number of nitrogens with zero attached hydrogens (tertiary/aromatic N) is 3. The normalized spacial score (nSPS) is 10.7. The number of aryl methyl sites for hydroxylation is 1. The topological polar surface area (TPSA) is 38.7 Å². The lowest BCUT2D eigenvalue weighted by atomic mass is 9.99. The first kappa shape index (κ1) is 18.9. The highest BCUT2D eigenvalue weighted by atomic mass is 15.0. The molecule has 5 aromatic rings. The smallest absolute Gasteiger partial charge is 0.164 e. The molecule has 0 atom stereocenters. The van der Waals surface area contributed by atoms with Crippen molar-refractivity contribution in [1.29, 1.82) is 0 Å². The second kappa shape index (κ2) is 8.33. The minimum atomic E-state index is 0.670. The Morgan fingerprint density at radius 1 is 0.419 bits per heavy atom. The third kappa shape index (κ3) is 3.99. The zero-order chi connectivity index (χ0) is 21.0. The third-order valence-corrected chi connectivity index (χ3v) is 5.28. The highest BCUT2D eigenvalue weighted by molar-refractivity contribution is 5.74. The Kier molecular flexibility index (Phi) is 5.07. The Labute approximate surface area is 182 Å². The van der Waals surface area contributed by atoms with E-state index in [1.165, 1.54) is 11.1 Å². The Morgan fingerprint density at radius 2 is 0.871 bits per heavy atom. The van der Waals surface area contributed by atoms with Gasteiger partial charge in [-0.1, -0.05) is 103 Å². The number of aromatic nitrogens is 3. The van der Waals surface area contributed by atoms with Crippen molar-refractivity contribution in [3.05, 3.63) is 115 Å². The molecule has 0 aliphatic rings. The van der Waals surface area contributed by atoms with E-state index in [1.54, 1.807) is 0 Å². The fourth-order valence-electron chi connectivity index (χ4n) is 3.66. The van der Waals surface area contributed by atoms with Gasteiger partial charge in [-0.2, -0.15) is 0 Å². The van der Waals surface area contributed by atoms with Gasteiger partial charge in [-0.3, -0.25) is 0 Å². The summed E-state index contributed by atoms with van der Waals surface area (Å²) in [5, 5.41) is 0. The average Bonchev–Trinajstić information content (AvgIpc) is 2.85. The van der Waals surface area contributed by atoms with E-state index in [2.05, 4.69) is 55.5 Å². The van der Waals surface area contributed by atoms with Crippen LogP contribution in [-0.4, -0.2) is 15.0 Å². The standard InChI is InChI=1S/C28H21N3/c1-20-11-8-9-18-25(20)23-16-10-17-24(19-23)28-30-26(21-12-4-2-5-13-21)29-27(31-28)22-14-6-3-7-15-22/h2-19H,1H3. The first-order valence-electron chi connectivity index (χ1n) is 10.3. The van der Waals surface area contributed by atoms with Gasteiger partial charge in [0.05, 0.1) is 0 Å². The molecule has 0 amide bonds. The Balaban J connectivity index is 1.67. The quantitative estimate of drug-likeness (QED) is 0.332. The van der Waals surface area contributed by atoms with Crippen molar-refractivity contribution in [3.8, 4) is 45.3 Å². The molecule has 31 heavy (non-hydrogen) atoms. The van der Waals surface area contributed by atoms with Gasteiger partial charge in [-0.15, -0.1) is 0 Å². The molecule has 0 unspecified atom stereocenters. The molecule has 3 nitrogen and oxygen atoms in total. The van der Waals surface area contributed by atoms with Crippen molar-refractivity contribution in [2.75, 3.05) is 0 Å². The van der Waals surface area contributed by atoms with Gasteiger partial charge in [0.2, 0.25) is 0 Å². The van der Waals surface area contributed by atoms with Gasteiger partial charge in [-0.25, -0.2) is 15.0 Å². The third-order valence-electron chi connectivity index (χ3n) is 5.28. The molecule has 0 aliphatic heterocycles. The summed E-state index contributed by atoms with van der Waals surface area (Å²) < 4.78 is 0. The van der Waals surface area contributed by atoms with Crippen LogP contribution in [0.4, 0.5) is 0 Å². The largest absolute Gasteiger partial charge is 0.208 e. The van der Waals surface area contributed by atoms with Crippen LogP contribution in [0.15, 0.2) is 109 Å². The lowest BCUT2D eigenvalue weighted by Crippen LogP contribution is -2.00. The SMILES string of the molecule is Cc1ccccc1-c1cccc(-c2nc(-c3ccccc3)nc(-c3ccccc3)n2)c1. The molecule has 0 N–H and O–H groups in total. The van der Waals surface area contributed by atoms with Crippen LogP contribution in [0.2, 0.25) is 0 Å². The van der Waals surface area contributed by atoms with Gasteiger partial charge >= 0.3 is 0 Å². The summed E-state index contributed by atoms with van der Waals surface area (Å²) in [6.45, 7) is 2.13. The van der Waals surface area contributed by atoms with Crippen LogP contribution in [0.3, 0.4) is 0 Å². The maximum atomic E-state index is 4.83. The minimum Gasteiger partial charge on any atom is -0.208 e. The van der Waals surface area contributed by atoms with Crippen molar-refractivity contribution >= 4 is 0 Å². The summed E-state index contributed by atoms with van der Waals surface area (Å²) >= 11 is 0. The lowest BCUT2D eigenvalue weighted by Gasteiger charge is -2.10. The molecule has 4 aromatic carbocycles. The van der Waals surface area contributed by atoms with Gasteiger partial charge in [0, 0.05) is 16.7 Å². The molecule has 0 saturated carbocycles. The molecule has 0 spiro atoms. The second-order valence-corrected chi connectivity index (χ2v) is 7.43. The van der Waals surface area contributed by atoms with Crippen LogP contribution >= 0.6 is 0 Å². The predicted octanol–water partition coefficient (Wildman–Crippen LogP) is 6.85. The number of benzene rings is 4. The van der Waals surface area contributed by atoms with Crippen LogP contribution in [0.5, 0.6) is 0 Å². The van der Waals surface area contributed by atoms with Gasteiger partial charge < -0.3 is 0 Å². The molecule has 0 saturated heterocycles. The lowest BCUT2D eigenvalue weighted by molar-refractivity contribution is 1.07. The Hall–Kier alpha value is -4.11. The molecule has 5 rings (SSSR count). The molecule has 1 aromatic heterocycles. The molecule has 0 aliphatic carbocycles. The van der Waals surface area contributed by atoms with Gasteiger partial charge in [0.25, 0.3) is 0 Å². The highest BCUT2D eigenvalue weighted by Gasteiger charge is 2.13. The summed E-state index contributed by atoms with van der Waals surface area (Å²) in [7, 11) is 0. The van der Waals surface area contributed by atoms with Gasteiger partial charge in [-0.05, 0) is 29.7 Å². The van der Waals surface area contributed by atoms with E-state index in [9.17, 15) is 0 Å². The molecule has 0 fully saturated rings. The van der Waals surface area contributed by atoms with Crippen LogP contribution in [0.1, 0.15) is 5.56 Å². The number of rotatable bonds is 4. The predicted molar refractivity (Wildman–Crippen MR) is 126 cm³/mol. The fourth-order valence-corrected chi connectivity index (χ4v) is 3.66. The Morgan fingerprint density at radius 3 is 1.45 bits per heavy atom. The average molecular weight is 399 g/mol. The zero-order valence-electron chi connectivity index (χ0n) is 17.2. The molecule has 1 heterocycles. The van der Waals surface area contributed by atoms with Crippen LogP contribution in [-0.2, 0) is 0 Å². The zero-order valence-corrected chi connectivity index (χ0v) is 17.2. The summed E-state index contributed by atoms with van der Waals surface area (Å²) in [6, 6.07) is 36.9. The molecular formula is C28H21N3. The van der Waals surface area contributed by atoms with Crippen molar-refractivity contribution in [1.82, 2.24) is 15.0 Å². The van der Waals surface area contributed by atoms with Crippen LogP contribution < -0.4 is 0 Å². The van der Waals surface area contributed by atoms with Gasteiger partial charge in [0.15, 0.2) is 17.5 Å². The minimum absolute atomic E-state index is 0.670. The second-order valence-electron chi connectivity index (χ2n) is 7.43. The van der Waals surface area contributed by atoms with E-state index in [4.69, 9.17) is 15.0 Å². The van der Waals surface area contributed by atoms with E-state index < -0.39 is 0 Å². The van der Waals surface area contributed by atoms with E-state index in [-0.39, 0.29) is 0 Å². The summed E-state index contributed by atoms with van der Waals surface area (Å²) in [6.07, 6.45) is 0. The van der Waals surface area contributed by atoms with Crippen molar-refractivity contribution < 1.29 is 0 Å². The summed E-state index contributed by atoms with van der Waals surface area (Å²) in [4.78, 5) is 14.4. The van der Waals surface area contributed by atoms with E-state index in [1.807, 2.05) is 60.7 Å². The Bertz CT molecular complexity index is 1270. The first-order chi connectivity index (χ1) is 15.3. The molecular weight excluding hydrogens is 378 g/mol. The molecule has 0 radical (unpaired) electrons. The van der Waals surface area contributed by atoms with Crippen LogP contribution in [0.25, 0.3) is 45.3 Å². The van der Waals surface area contributed by atoms with Gasteiger partial charge in [0.1, 0.15) is 0 Å². The maximum Gasteiger partial charge on any atom is 0.164 e. The summed E-state index contributed by atoms with van der Waals surface area (Å²) in [5.41, 5.74) is 6.52. The molecule has 148 valence electrons. The maximum absolute atomic E-state index is 4.83. The van der Waals surface area contributed by atoms with Crippen LogP contribution in [0, 0.1) is 6.92 Å².